The Morgan fingerprint density at radius 3 is 2.42 bits per heavy atom. The van der Waals surface area contributed by atoms with E-state index in [1.165, 1.54) is 13.2 Å². The number of ether oxygens (including phenoxy) is 2. The summed E-state index contributed by atoms with van der Waals surface area (Å²) >= 11 is 3.54. The standard InChI is InChI=1S/C21H23BrN2O5.C2HF3O2/c1-5-29-20(27)12-10-23-14(9-15(12)25)11-8-16(28-4)19(26)18(22)17(11)13-6-7-21(2,3)24(13)23;3-2(4,5)1(6)7/h8-10,13,26H,5-7H2,1-4H3;(H,6,7)/t13-;/m1./s1. The van der Waals surface area contributed by atoms with Crippen LogP contribution >= 0.6 is 15.9 Å². The van der Waals surface area contributed by atoms with E-state index in [0.717, 1.165) is 24.0 Å². The third kappa shape index (κ3) is 4.75. The van der Waals surface area contributed by atoms with E-state index in [1.54, 1.807) is 19.2 Å². The molecule has 1 aromatic heterocycles. The number of benzene rings is 1. The maximum Gasteiger partial charge on any atom is 0.490 e. The lowest BCUT2D eigenvalue weighted by atomic mass is 9.93. The van der Waals surface area contributed by atoms with Crippen LogP contribution in [0.5, 0.6) is 11.5 Å². The number of aliphatic carboxylic acids is 1. The first-order valence-electron chi connectivity index (χ1n) is 10.8. The molecular formula is C23H24BrF3N2O7. The fraction of sp³-hybridized carbons (Fsp3) is 0.435. The van der Waals surface area contributed by atoms with Gasteiger partial charge in [-0.15, -0.1) is 0 Å². The zero-order chi connectivity index (χ0) is 27.2. The van der Waals surface area contributed by atoms with Gasteiger partial charge < -0.3 is 19.7 Å². The minimum atomic E-state index is -5.08. The number of carbonyl (C=O) groups excluding carboxylic acids is 1. The van der Waals surface area contributed by atoms with Crippen LogP contribution in [0.15, 0.2) is 27.6 Å². The Hall–Kier alpha value is -3.22. The largest absolute Gasteiger partial charge is 0.503 e. The lowest BCUT2D eigenvalue weighted by molar-refractivity contribution is -0.192. The topological polar surface area (TPSA) is 118 Å². The van der Waals surface area contributed by atoms with E-state index in [2.05, 4.69) is 34.8 Å². The average Bonchev–Trinajstić information content (AvgIpc) is 3.10. The van der Waals surface area contributed by atoms with E-state index in [4.69, 9.17) is 19.4 Å². The van der Waals surface area contributed by atoms with Crippen molar-refractivity contribution >= 4 is 27.9 Å². The number of methoxy groups -OCH3 is 1. The first kappa shape index (κ1) is 27.4. The molecule has 196 valence electrons. The first-order chi connectivity index (χ1) is 16.7. The van der Waals surface area contributed by atoms with Crippen molar-refractivity contribution in [2.24, 2.45) is 0 Å². The number of fused-ring (bicyclic) bond motifs is 6. The quantitative estimate of drug-likeness (QED) is 0.517. The summed E-state index contributed by atoms with van der Waals surface area (Å²) in [4.78, 5) is 34.0. The molecule has 2 aliphatic heterocycles. The number of rotatable bonds is 3. The van der Waals surface area contributed by atoms with E-state index in [1.807, 2.05) is 4.68 Å². The second-order valence-electron chi connectivity index (χ2n) is 8.72. The first-order valence-corrected chi connectivity index (χ1v) is 11.6. The van der Waals surface area contributed by atoms with Crippen LogP contribution in [0.4, 0.5) is 13.2 Å². The second-order valence-corrected chi connectivity index (χ2v) is 9.51. The molecule has 0 spiro atoms. The summed E-state index contributed by atoms with van der Waals surface area (Å²) in [6.07, 6.45) is -1.73. The molecule has 2 aromatic rings. The highest BCUT2D eigenvalue weighted by molar-refractivity contribution is 9.10. The van der Waals surface area contributed by atoms with E-state index < -0.39 is 23.5 Å². The highest BCUT2D eigenvalue weighted by Crippen LogP contribution is 2.53. The summed E-state index contributed by atoms with van der Waals surface area (Å²) in [5.41, 5.74) is 1.73. The van der Waals surface area contributed by atoms with Gasteiger partial charge in [-0.3, -0.25) is 14.5 Å². The van der Waals surface area contributed by atoms with Gasteiger partial charge in [0.1, 0.15) is 5.56 Å². The van der Waals surface area contributed by atoms with E-state index >= 15 is 0 Å². The number of nitrogens with zero attached hydrogens (tertiary/aromatic N) is 2. The summed E-state index contributed by atoms with van der Waals surface area (Å²) in [7, 11) is 1.48. The van der Waals surface area contributed by atoms with Crippen molar-refractivity contribution in [3.05, 3.63) is 44.2 Å². The lowest BCUT2D eigenvalue weighted by Crippen LogP contribution is -2.50. The molecule has 1 aromatic carbocycles. The van der Waals surface area contributed by atoms with Crippen molar-refractivity contribution in [3.8, 4) is 22.8 Å². The van der Waals surface area contributed by atoms with Gasteiger partial charge in [0.15, 0.2) is 16.9 Å². The van der Waals surface area contributed by atoms with Crippen LogP contribution in [-0.4, -0.2) is 52.3 Å². The summed E-state index contributed by atoms with van der Waals surface area (Å²) in [6.45, 7) is 6.16. The van der Waals surface area contributed by atoms with Crippen molar-refractivity contribution in [2.45, 2.75) is 51.4 Å². The Morgan fingerprint density at radius 2 is 1.89 bits per heavy atom. The number of phenols is 1. The van der Waals surface area contributed by atoms with Crippen molar-refractivity contribution in [1.29, 1.82) is 0 Å². The van der Waals surface area contributed by atoms with E-state index in [-0.39, 0.29) is 29.5 Å². The monoisotopic (exact) mass is 576 g/mol. The van der Waals surface area contributed by atoms with Crippen LogP contribution in [0, 0.1) is 0 Å². The van der Waals surface area contributed by atoms with Crippen LogP contribution < -0.4 is 15.2 Å². The van der Waals surface area contributed by atoms with Crippen molar-refractivity contribution < 1.29 is 42.4 Å². The molecule has 2 aliphatic rings. The van der Waals surface area contributed by atoms with Gasteiger partial charge >= 0.3 is 18.1 Å². The number of halogens is 4. The fourth-order valence-corrected chi connectivity index (χ4v) is 5.12. The van der Waals surface area contributed by atoms with Crippen molar-refractivity contribution in [1.82, 2.24) is 4.68 Å². The number of hydrogen-bond acceptors (Lipinski definition) is 7. The highest BCUT2D eigenvalue weighted by atomic mass is 79.9. The number of alkyl halides is 3. The fourth-order valence-electron chi connectivity index (χ4n) is 4.45. The number of aromatic hydroxyl groups is 1. The van der Waals surface area contributed by atoms with Gasteiger partial charge in [0.05, 0.1) is 35.5 Å². The highest BCUT2D eigenvalue weighted by Gasteiger charge is 2.46. The molecule has 0 amide bonds. The molecule has 9 nitrogen and oxygen atoms in total. The Morgan fingerprint density at radius 1 is 1.28 bits per heavy atom. The van der Waals surface area contributed by atoms with E-state index in [9.17, 15) is 27.9 Å². The molecule has 0 bridgehead atoms. The maximum atomic E-state index is 12.8. The summed E-state index contributed by atoms with van der Waals surface area (Å²) < 4.78 is 44.6. The average molecular weight is 577 g/mol. The number of carboxylic acid groups (broad SMARTS) is 1. The number of carbonyl (C=O) groups is 2. The van der Waals surface area contributed by atoms with Crippen molar-refractivity contribution in [3.63, 3.8) is 0 Å². The van der Waals surface area contributed by atoms with Gasteiger partial charge in [-0.1, -0.05) is 0 Å². The predicted octanol–water partition coefficient (Wildman–Crippen LogP) is 4.37. The molecule has 4 rings (SSSR count). The van der Waals surface area contributed by atoms with Crippen LogP contribution in [0.3, 0.4) is 0 Å². The number of pyridine rings is 1. The van der Waals surface area contributed by atoms with Crippen molar-refractivity contribution in [2.75, 3.05) is 18.7 Å². The molecule has 13 heteroatoms. The molecule has 0 saturated carbocycles. The molecule has 0 aliphatic carbocycles. The molecule has 0 radical (unpaired) electrons. The van der Waals surface area contributed by atoms with Gasteiger partial charge in [-0.05, 0) is 55.6 Å². The van der Waals surface area contributed by atoms with Crippen LogP contribution in [0.1, 0.15) is 55.6 Å². The Bertz CT molecular complexity index is 1270. The van der Waals surface area contributed by atoms with Crippen LogP contribution in [0.25, 0.3) is 11.3 Å². The summed E-state index contributed by atoms with van der Waals surface area (Å²) in [5.74, 6) is -3.03. The third-order valence-electron chi connectivity index (χ3n) is 6.02. The van der Waals surface area contributed by atoms with Gasteiger partial charge in [0, 0.05) is 23.4 Å². The third-order valence-corrected chi connectivity index (χ3v) is 6.82. The van der Waals surface area contributed by atoms with Gasteiger partial charge in [0.25, 0.3) is 0 Å². The molecule has 36 heavy (non-hydrogen) atoms. The number of aromatic nitrogens is 1. The molecule has 0 unspecified atom stereocenters. The maximum absolute atomic E-state index is 12.8. The Labute approximate surface area is 212 Å². The zero-order valence-corrected chi connectivity index (χ0v) is 21.4. The van der Waals surface area contributed by atoms with Gasteiger partial charge in [-0.2, -0.15) is 13.2 Å². The molecular weight excluding hydrogens is 553 g/mol. The molecule has 1 atom stereocenters. The Kier molecular flexibility index (Phi) is 7.36. The SMILES string of the molecule is CCOC(=O)c1cn2c(cc1=O)-c1cc(OC)c(O)c(Br)c1[C@H]1CCC(C)(C)N12.O=C(O)C(F)(F)F. The van der Waals surface area contributed by atoms with Gasteiger partial charge in [-0.25, -0.2) is 9.59 Å². The number of esters is 1. The zero-order valence-electron chi connectivity index (χ0n) is 19.8. The van der Waals surface area contributed by atoms with E-state index in [0.29, 0.717) is 15.9 Å². The molecule has 1 saturated heterocycles. The van der Waals surface area contributed by atoms with Gasteiger partial charge in [0.2, 0.25) is 0 Å². The minimum absolute atomic E-state index is 0.00492. The predicted molar refractivity (Wildman–Crippen MR) is 126 cm³/mol. The number of hydrogen-bond donors (Lipinski definition) is 2. The number of phenolic OH excluding ortho intramolecular Hbond substituents is 1. The normalized spacial score (nSPS) is 17.2. The summed E-state index contributed by atoms with van der Waals surface area (Å²) in [5, 5.41) is 19.9. The smallest absolute Gasteiger partial charge is 0.490 e. The Balaban J connectivity index is 0.000000454. The van der Waals surface area contributed by atoms with Crippen LogP contribution in [0.2, 0.25) is 0 Å². The molecule has 1 fully saturated rings. The summed E-state index contributed by atoms with van der Waals surface area (Å²) in [6, 6.07) is 3.17. The lowest BCUT2D eigenvalue weighted by Gasteiger charge is -2.45. The number of carboxylic acids is 1. The minimum Gasteiger partial charge on any atom is -0.503 e. The van der Waals surface area contributed by atoms with Crippen LogP contribution in [-0.2, 0) is 9.53 Å². The molecule has 2 N–H and O–H groups in total. The second kappa shape index (κ2) is 9.68. The molecule has 3 heterocycles.